The van der Waals surface area contributed by atoms with E-state index in [-0.39, 0.29) is 0 Å². The molecule has 0 radical (unpaired) electrons. The molecule has 0 amide bonds. The molecule has 2 fully saturated rings. The van der Waals surface area contributed by atoms with Crippen LogP contribution in [0.1, 0.15) is 12.5 Å². The van der Waals surface area contributed by atoms with E-state index in [2.05, 4.69) is 42.2 Å². The van der Waals surface area contributed by atoms with Gasteiger partial charge in [0.1, 0.15) is 0 Å². The summed E-state index contributed by atoms with van der Waals surface area (Å²) in [5.74, 6) is 0.751. The summed E-state index contributed by atoms with van der Waals surface area (Å²) in [6, 6.07) is 11.2. The molecule has 1 saturated carbocycles. The summed E-state index contributed by atoms with van der Waals surface area (Å²) in [5.41, 5.74) is 7.87. The summed E-state index contributed by atoms with van der Waals surface area (Å²) in [6.45, 7) is 5.77. The highest BCUT2D eigenvalue weighted by atomic mass is 15.2. The summed E-state index contributed by atoms with van der Waals surface area (Å²) in [5, 5.41) is 0. The van der Waals surface area contributed by atoms with Gasteiger partial charge in [-0.2, -0.15) is 0 Å². The van der Waals surface area contributed by atoms with Gasteiger partial charge < -0.3 is 5.73 Å². The molecule has 2 aliphatic rings. The van der Waals surface area contributed by atoms with Crippen LogP contribution in [0, 0.1) is 11.3 Å². The number of benzene rings is 1. The molecule has 0 bridgehead atoms. The first-order chi connectivity index (χ1) is 7.20. The average Bonchev–Trinajstić information content (AvgIpc) is 2.59. The summed E-state index contributed by atoms with van der Waals surface area (Å²) >= 11 is 0. The second-order valence-corrected chi connectivity index (χ2v) is 5.29. The first kappa shape index (κ1) is 9.37. The van der Waals surface area contributed by atoms with Crippen LogP contribution in [0.3, 0.4) is 0 Å². The van der Waals surface area contributed by atoms with Crippen molar-refractivity contribution in [2.45, 2.75) is 19.5 Å². The van der Waals surface area contributed by atoms with Crippen LogP contribution in [0.15, 0.2) is 30.3 Å². The van der Waals surface area contributed by atoms with Gasteiger partial charge in [0.25, 0.3) is 0 Å². The maximum atomic E-state index is 6.03. The third kappa shape index (κ3) is 1.40. The molecule has 2 N–H and O–H groups in total. The molecule has 80 valence electrons. The van der Waals surface area contributed by atoms with Gasteiger partial charge in [-0.25, -0.2) is 0 Å². The minimum atomic E-state index is 0.425. The highest BCUT2D eigenvalue weighted by Gasteiger charge is 2.63. The fraction of sp³-hybridized carbons (Fsp3) is 0.538. The summed E-state index contributed by atoms with van der Waals surface area (Å²) in [6.07, 6.45) is 0. The molecule has 1 aliphatic heterocycles. The van der Waals surface area contributed by atoms with E-state index in [4.69, 9.17) is 5.73 Å². The van der Waals surface area contributed by atoms with Crippen molar-refractivity contribution < 1.29 is 0 Å². The Labute approximate surface area is 91.1 Å². The smallest absolute Gasteiger partial charge is 0.0234 e. The first-order valence-corrected chi connectivity index (χ1v) is 5.72. The Morgan fingerprint density at radius 3 is 2.73 bits per heavy atom. The lowest BCUT2D eigenvalue weighted by Crippen LogP contribution is -2.30. The van der Waals surface area contributed by atoms with Crippen LogP contribution in [0.5, 0.6) is 0 Å². The zero-order valence-electron chi connectivity index (χ0n) is 9.19. The van der Waals surface area contributed by atoms with E-state index in [1.165, 1.54) is 18.7 Å². The second kappa shape index (κ2) is 3.06. The number of fused-ring (bicyclic) bond motifs is 1. The van der Waals surface area contributed by atoms with E-state index in [9.17, 15) is 0 Å². The minimum Gasteiger partial charge on any atom is -0.327 e. The number of hydrogen-bond donors (Lipinski definition) is 1. The molecule has 0 aromatic heterocycles. The number of rotatable bonds is 2. The molecule has 1 aliphatic carbocycles. The molecule has 15 heavy (non-hydrogen) atoms. The summed E-state index contributed by atoms with van der Waals surface area (Å²) in [7, 11) is 0. The van der Waals surface area contributed by atoms with Gasteiger partial charge in [0, 0.05) is 31.1 Å². The normalized spacial score (nSPS) is 39.1. The monoisotopic (exact) mass is 202 g/mol. The van der Waals surface area contributed by atoms with Crippen molar-refractivity contribution in [3.05, 3.63) is 35.9 Å². The van der Waals surface area contributed by atoms with E-state index in [1.54, 1.807) is 0 Å². The predicted molar refractivity (Wildman–Crippen MR) is 61.3 cm³/mol. The number of nitrogens with zero attached hydrogens (tertiary/aromatic N) is 1. The van der Waals surface area contributed by atoms with Gasteiger partial charge in [0.05, 0.1) is 0 Å². The minimum absolute atomic E-state index is 0.425. The molecular weight excluding hydrogens is 184 g/mol. The lowest BCUT2D eigenvalue weighted by molar-refractivity contribution is 0.270. The summed E-state index contributed by atoms with van der Waals surface area (Å²) in [4.78, 5) is 2.53. The Kier molecular flexibility index (Phi) is 1.91. The molecule has 1 saturated heterocycles. The van der Waals surface area contributed by atoms with Gasteiger partial charge in [-0.05, 0) is 11.5 Å². The predicted octanol–water partition coefficient (Wildman–Crippen LogP) is 1.47. The topological polar surface area (TPSA) is 29.3 Å². The molecule has 3 atom stereocenters. The number of piperidine rings is 1. The largest absolute Gasteiger partial charge is 0.327 e. The van der Waals surface area contributed by atoms with Crippen LogP contribution in [0.25, 0.3) is 0 Å². The Morgan fingerprint density at radius 1 is 1.40 bits per heavy atom. The molecule has 2 heteroatoms. The fourth-order valence-corrected chi connectivity index (χ4v) is 3.03. The fourth-order valence-electron chi connectivity index (χ4n) is 3.03. The van der Waals surface area contributed by atoms with Gasteiger partial charge in [0.15, 0.2) is 0 Å². The maximum absolute atomic E-state index is 6.03. The Balaban J connectivity index is 1.64. The average molecular weight is 202 g/mol. The molecular formula is C13H18N2. The molecule has 0 unspecified atom stereocenters. The van der Waals surface area contributed by atoms with E-state index < -0.39 is 0 Å². The van der Waals surface area contributed by atoms with Gasteiger partial charge in [0.2, 0.25) is 0 Å². The van der Waals surface area contributed by atoms with E-state index in [1.807, 2.05) is 0 Å². The molecule has 3 rings (SSSR count). The molecule has 1 aromatic rings. The number of likely N-dealkylation sites (tertiary alicyclic amines) is 1. The van der Waals surface area contributed by atoms with Crippen molar-refractivity contribution in [3.8, 4) is 0 Å². The van der Waals surface area contributed by atoms with Crippen LogP contribution in [-0.4, -0.2) is 24.0 Å². The SMILES string of the molecule is C[C@]12CN(Cc3ccccc3)C[C@H]1[C@@H]2N. The molecule has 1 aromatic carbocycles. The number of nitrogens with two attached hydrogens (primary N) is 1. The van der Waals surface area contributed by atoms with Crippen molar-refractivity contribution in [1.82, 2.24) is 4.90 Å². The van der Waals surface area contributed by atoms with Crippen molar-refractivity contribution in [1.29, 1.82) is 0 Å². The molecule has 2 nitrogen and oxygen atoms in total. The highest BCUT2D eigenvalue weighted by Crippen LogP contribution is 2.56. The summed E-state index contributed by atoms with van der Waals surface area (Å²) < 4.78 is 0. The van der Waals surface area contributed by atoms with Crippen LogP contribution in [-0.2, 0) is 6.54 Å². The first-order valence-electron chi connectivity index (χ1n) is 5.72. The van der Waals surface area contributed by atoms with Crippen LogP contribution in [0.2, 0.25) is 0 Å². The van der Waals surface area contributed by atoms with E-state index >= 15 is 0 Å². The third-order valence-corrected chi connectivity index (χ3v) is 4.20. The van der Waals surface area contributed by atoms with Gasteiger partial charge in [-0.1, -0.05) is 37.3 Å². The van der Waals surface area contributed by atoms with E-state index in [0.717, 1.165) is 12.5 Å². The zero-order chi connectivity index (χ0) is 10.5. The quantitative estimate of drug-likeness (QED) is 0.787. The van der Waals surface area contributed by atoms with Crippen molar-refractivity contribution >= 4 is 0 Å². The molecule has 1 heterocycles. The van der Waals surface area contributed by atoms with Gasteiger partial charge in [-0.3, -0.25) is 4.90 Å². The highest BCUT2D eigenvalue weighted by molar-refractivity contribution is 5.20. The van der Waals surface area contributed by atoms with Gasteiger partial charge in [-0.15, -0.1) is 0 Å². The van der Waals surface area contributed by atoms with Crippen molar-refractivity contribution in [2.24, 2.45) is 17.1 Å². The lowest BCUT2D eigenvalue weighted by atomic mass is 10.1. The van der Waals surface area contributed by atoms with E-state index in [0.29, 0.717) is 11.5 Å². The van der Waals surface area contributed by atoms with Crippen LogP contribution in [0.4, 0.5) is 0 Å². The van der Waals surface area contributed by atoms with Crippen LogP contribution < -0.4 is 5.73 Å². The standard InChI is InChI=1S/C13H18N2/c1-13-9-15(8-11(13)12(13)14)7-10-5-3-2-4-6-10/h2-6,11-12H,7-9,14H2,1H3/t11-,12-,13-/m0/s1. The molecule has 0 spiro atoms. The van der Waals surface area contributed by atoms with Gasteiger partial charge >= 0.3 is 0 Å². The Morgan fingerprint density at radius 2 is 2.13 bits per heavy atom. The zero-order valence-corrected chi connectivity index (χ0v) is 9.19. The second-order valence-electron chi connectivity index (χ2n) is 5.29. The Hall–Kier alpha value is -0.860. The maximum Gasteiger partial charge on any atom is 0.0234 e. The van der Waals surface area contributed by atoms with Crippen molar-refractivity contribution in [2.75, 3.05) is 13.1 Å². The van der Waals surface area contributed by atoms with Crippen LogP contribution >= 0.6 is 0 Å². The van der Waals surface area contributed by atoms with Crippen molar-refractivity contribution in [3.63, 3.8) is 0 Å². The Bertz CT molecular complexity index is 362. The third-order valence-electron chi connectivity index (χ3n) is 4.20. The number of hydrogen-bond acceptors (Lipinski definition) is 2. The lowest BCUT2D eigenvalue weighted by Gasteiger charge is -2.20.